The zero-order chi connectivity index (χ0) is 11.4. The Balaban J connectivity index is 2.87. The summed E-state index contributed by atoms with van der Waals surface area (Å²) in [5.41, 5.74) is 0. The molecule has 0 aromatic rings. The average molecular weight is 217 g/mol. The molecule has 0 heterocycles. The number of ether oxygens (including phenoxy) is 1. The smallest absolute Gasteiger partial charge is 0.0965 e. The zero-order valence-corrected chi connectivity index (χ0v) is 10.3. The maximum atomic E-state index is 9.05. The SMILES string of the molecule is CCOCNCCCCCCCC(C)O. The van der Waals surface area contributed by atoms with Crippen LogP contribution in [0.1, 0.15) is 52.4 Å². The third-order valence-corrected chi connectivity index (χ3v) is 2.38. The minimum Gasteiger partial charge on any atom is -0.393 e. The second-order valence-corrected chi connectivity index (χ2v) is 4.04. The number of unbranched alkanes of at least 4 members (excludes halogenated alkanes) is 4. The van der Waals surface area contributed by atoms with Crippen molar-refractivity contribution in [3.05, 3.63) is 0 Å². The summed E-state index contributed by atoms with van der Waals surface area (Å²) < 4.78 is 5.17. The number of aliphatic hydroxyl groups is 1. The van der Waals surface area contributed by atoms with Gasteiger partial charge in [-0.15, -0.1) is 0 Å². The Labute approximate surface area is 94.2 Å². The normalized spacial score (nSPS) is 13.0. The van der Waals surface area contributed by atoms with Gasteiger partial charge >= 0.3 is 0 Å². The summed E-state index contributed by atoms with van der Waals surface area (Å²) in [6.07, 6.45) is 7.00. The molecule has 0 spiro atoms. The van der Waals surface area contributed by atoms with Crippen LogP contribution in [0.2, 0.25) is 0 Å². The van der Waals surface area contributed by atoms with E-state index in [1.54, 1.807) is 0 Å². The van der Waals surface area contributed by atoms with Gasteiger partial charge in [-0.2, -0.15) is 0 Å². The summed E-state index contributed by atoms with van der Waals surface area (Å²) in [7, 11) is 0. The van der Waals surface area contributed by atoms with Crippen LogP contribution in [0.4, 0.5) is 0 Å². The van der Waals surface area contributed by atoms with Crippen LogP contribution in [0, 0.1) is 0 Å². The van der Waals surface area contributed by atoms with Gasteiger partial charge in [0.15, 0.2) is 0 Å². The van der Waals surface area contributed by atoms with Crippen molar-refractivity contribution in [2.24, 2.45) is 0 Å². The first kappa shape index (κ1) is 14.9. The topological polar surface area (TPSA) is 41.5 Å². The zero-order valence-electron chi connectivity index (χ0n) is 10.3. The molecule has 3 nitrogen and oxygen atoms in total. The molecule has 0 aliphatic heterocycles. The van der Waals surface area contributed by atoms with Crippen LogP contribution in [0.3, 0.4) is 0 Å². The van der Waals surface area contributed by atoms with Crippen molar-refractivity contribution in [2.75, 3.05) is 19.9 Å². The molecule has 0 amide bonds. The largest absolute Gasteiger partial charge is 0.393 e. The first-order valence-corrected chi connectivity index (χ1v) is 6.24. The molecule has 15 heavy (non-hydrogen) atoms. The van der Waals surface area contributed by atoms with Gasteiger partial charge in [0.05, 0.1) is 12.8 Å². The lowest BCUT2D eigenvalue weighted by molar-refractivity contribution is 0.128. The molecule has 2 N–H and O–H groups in total. The van der Waals surface area contributed by atoms with Gasteiger partial charge in [0.1, 0.15) is 0 Å². The third-order valence-electron chi connectivity index (χ3n) is 2.38. The monoisotopic (exact) mass is 217 g/mol. The maximum Gasteiger partial charge on any atom is 0.0965 e. The molecule has 0 aromatic heterocycles. The third kappa shape index (κ3) is 13.9. The number of rotatable bonds is 11. The van der Waals surface area contributed by atoms with Gasteiger partial charge < -0.3 is 9.84 Å². The van der Waals surface area contributed by atoms with Crippen molar-refractivity contribution in [1.82, 2.24) is 5.32 Å². The molecule has 0 aliphatic carbocycles. The van der Waals surface area contributed by atoms with Gasteiger partial charge in [-0.05, 0) is 33.2 Å². The number of hydrogen-bond donors (Lipinski definition) is 2. The minimum absolute atomic E-state index is 0.127. The molecular formula is C12H27NO2. The lowest BCUT2D eigenvalue weighted by Crippen LogP contribution is -2.18. The van der Waals surface area contributed by atoms with Gasteiger partial charge in [0.2, 0.25) is 0 Å². The Hall–Kier alpha value is -0.120. The first-order chi connectivity index (χ1) is 7.27. The van der Waals surface area contributed by atoms with E-state index in [2.05, 4.69) is 5.32 Å². The Morgan fingerprint density at radius 2 is 1.80 bits per heavy atom. The molecular weight excluding hydrogens is 190 g/mol. The second kappa shape index (κ2) is 12.0. The van der Waals surface area contributed by atoms with E-state index in [-0.39, 0.29) is 6.10 Å². The molecule has 1 unspecified atom stereocenters. The highest BCUT2D eigenvalue weighted by Gasteiger charge is 1.95. The lowest BCUT2D eigenvalue weighted by Gasteiger charge is -2.05. The van der Waals surface area contributed by atoms with E-state index in [4.69, 9.17) is 9.84 Å². The average Bonchev–Trinajstić information content (AvgIpc) is 2.20. The second-order valence-electron chi connectivity index (χ2n) is 4.04. The maximum absolute atomic E-state index is 9.05. The van der Waals surface area contributed by atoms with Crippen LogP contribution in [-0.2, 0) is 4.74 Å². The van der Waals surface area contributed by atoms with E-state index in [0.29, 0.717) is 6.73 Å². The molecule has 92 valence electrons. The molecule has 0 bridgehead atoms. The molecule has 0 saturated heterocycles. The lowest BCUT2D eigenvalue weighted by atomic mass is 10.1. The number of hydrogen-bond acceptors (Lipinski definition) is 3. The Bertz CT molecular complexity index is 118. The van der Waals surface area contributed by atoms with E-state index in [1.807, 2.05) is 13.8 Å². The Morgan fingerprint density at radius 1 is 1.13 bits per heavy atom. The fourth-order valence-corrected chi connectivity index (χ4v) is 1.47. The van der Waals surface area contributed by atoms with E-state index in [1.165, 1.54) is 25.7 Å². The predicted octanol–water partition coefficient (Wildman–Crippen LogP) is 2.29. The van der Waals surface area contributed by atoms with Crippen molar-refractivity contribution in [3.63, 3.8) is 0 Å². The van der Waals surface area contributed by atoms with Crippen LogP contribution in [0.5, 0.6) is 0 Å². The Kier molecular flexibility index (Phi) is 11.9. The quantitative estimate of drug-likeness (QED) is 0.412. The van der Waals surface area contributed by atoms with Crippen LogP contribution in [-0.4, -0.2) is 31.1 Å². The standard InChI is InChI=1S/C12H27NO2/c1-3-15-11-13-10-8-6-4-5-7-9-12(2)14/h12-14H,3-11H2,1-2H3. The van der Waals surface area contributed by atoms with E-state index in [9.17, 15) is 0 Å². The highest BCUT2D eigenvalue weighted by Crippen LogP contribution is 2.06. The highest BCUT2D eigenvalue weighted by atomic mass is 16.5. The summed E-state index contributed by atoms with van der Waals surface area (Å²) in [5.74, 6) is 0. The van der Waals surface area contributed by atoms with Crippen LogP contribution >= 0.6 is 0 Å². The Morgan fingerprint density at radius 3 is 2.47 bits per heavy atom. The van der Waals surface area contributed by atoms with Gasteiger partial charge in [0.25, 0.3) is 0 Å². The summed E-state index contributed by atoms with van der Waals surface area (Å²) in [6, 6.07) is 0. The van der Waals surface area contributed by atoms with E-state index in [0.717, 1.165) is 26.0 Å². The van der Waals surface area contributed by atoms with Gasteiger partial charge in [-0.25, -0.2) is 0 Å². The van der Waals surface area contributed by atoms with Gasteiger partial charge in [-0.3, -0.25) is 5.32 Å². The fraction of sp³-hybridized carbons (Fsp3) is 1.00. The molecule has 3 heteroatoms. The molecule has 0 aromatic carbocycles. The van der Waals surface area contributed by atoms with E-state index >= 15 is 0 Å². The van der Waals surface area contributed by atoms with Crippen LogP contribution in [0.25, 0.3) is 0 Å². The molecule has 0 saturated carbocycles. The van der Waals surface area contributed by atoms with Gasteiger partial charge in [0, 0.05) is 6.61 Å². The molecule has 1 atom stereocenters. The first-order valence-electron chi connectivity index (χ1n) is 6.24. The van der Waals surface area contributed by atoms with Crippen LogP contribution in [0.15, 0.2) is 0 Å². The van der Waals surface area contributed by atoms with Gasteiger partial charge in [-0.1, -0.05) is 25.7 Å². The van der Waals surface area contributed by atoms with Crippen LogP contribution < -0.4 is 5.32 Å². The van der Waals surface area contributed by atoms with Crippen molar-refractivity contribution in [1.29, 1.82) is 0 Å². The summed E-state index contributed by atoms with van der Waals surface area (Å²) >= 11 is 0. The molecule has 0 fully saturated rings. The summed E-state index contributed by atoms with van der Waals surface area (Å²) in [4.78, 5) is 0. The molecule has 0 rings (SSSR count). The summed E-state index contributed by atoms with van der Waals surface area (Å²) in [6.45, 7) is 6.38. The van der Waals surface area contributed by atoms with Crippen molar-refractivity contribution < 1.29 is 9.84 Å². The number of nitrogens with one attached hydrogen (secondary N) is 1. The van der Waals surface area contributed by atoms with Crippen molar-refractivity contribution in [2.45, 2.75) is 58.5 Å². The predicted molar refractivity (Wildman–Crippen MR) is 63.9 cm³/mol. The fourth-order valence-electron chi connectivity index (χ4n) is 1.47. The summed E-state index contributed by atoms with van der Waals surface area (Å²) in [5, 5.41) is 12.3. The molecule has 0 radical (unpaired) electrons. The highest BCUT2D eigenvalue weighted by molar-refractivity contribution is 4.50. The van der Waals surface area contributed by atoms with Crippen molar-refractivity contribution in [3.8, 4) is 0 Å². The van der Waals surface area contributed by atoms with E-state index < -0.39 is 0 Å². The number of aliphatic hydroxyl groups excluding tert-OH is 1. The van der Waals surface area contributed by atoms with Crippen molar-refractivity contribution >= 4 is 0 Å². The minimum atomic E-state index is -0.127. The molecule has 0 aliphatic rings.